The molecule has 3 heteroatoms. The van der Waals surface area contributed by atoms with Crippen LogP contribution in [0.5, 0.6) is 0 Å². The molecule has 2 N–H and O–H groups in total. The van der Waals surface area contributed by atoms with Gasteiger partial charge in [0, 0.05) is 11.6 Å². The molecule has 1 heterocycles. The fraction of sp³-hybridized carbons (Fsp3) is 0.500. The summed E-state index contributed by atoms with van der Waals surface area (Å²) >= 11 is 0. The molecule has 1 unspecified atom stereocenters. The van der Waals surface area contributed by atoms with Gasteiger partial charge in [0.15, 0.2) is 0 Å². The third-order valence-corrected chi connectivity index (χ3v) is 3.30. The Kier molecular flexibility index (Phi) is 1.81. The molecule has 3 nitrogen and oxygen atoms in total. The second-order valence-corrected chi connectivity index (χ2v) is 4.64. The second kappa shape index (κ2) is 3.05. The van der Waals surface area contributed by atoms with Crippen molar-refractivity contribution < 1.29 is 0 Å². The van der Waals surface area contributed by atoms with Gasteiger partial charge in [-0.25, -0.2) is 0 Å². The standard InChI is InChI=1S/C12H15N3/c1-7-11(8-2-3-8)6-12(15-14-7)9-4-10(13)5-9/h4,6,8-9H,2-3,5,13H2,1H3. The minimum atomic E-state index is 0.413. The zero-order valence-electron chi connectivity index (χ0n) is 8.90. The van der Waals surface area contributed by atoms with Crippen LogP contribution in [0.4, 0.5) is 0 Å². The molecule has 1 aromatic heterocycles. The summed E-state index contributed by atoms with van der Waals surface area (Å²) in [5, 5.41) is 8.50. The first kappa shape index (κ1) is 8.89. The van der Waals surface area contributed by atoms with Crippen LogP contribution in [-0.4, -0.2) is 10.2 Å². The van der Waals surface area contributed by atoms with Crippen molar-refractivity contribution in [1.82, 2.24) is 10.2 Å². The van der Waals surface area contributed by atoms with E-state index in [-0.39, 0.29) is 0 Å². The van der Waals surface area contributed by atoms with Crippen LogP contribution in [0, 0.1) is 6.92 Å². The Labute approximate surface area is 89.4 Å². The predicted molar refractivity (Wildman–Crippen MR) is 58.4 cm³/mol. The van der Waals surface area contributed by atoms with Crippen LogP contribution in [0.25, 0.3) is 0 Å². The van der Waals surface area contributed by atoms with Crippen LogP contribution in [0.1, 0.15) is 48.0 Å². The Morgan fingerprint density at radius 3 is 2.67 bits per heavy atom. The largest absolute Gasteiger partial charge is 0.402 e. The van der Waals surface area contributed by atoms with Crippen LogP contribution in [0.3, 0.4) is 0 Å². The summed E-state index contributed by atoms with van der Waals surface area (Å²) in [4.78, 5) is 0. The number of rotatable bonds is 2. The maximum absolute atomic E-state index is 5.66. The smallest absolute Gasteiger partial charge is 0.0707 e. The van der Waals surface area contributed by atoms with E-state index in [1.54, 1.807) is 0 Å². The number of hydrogen-bond donors (Lipinski definition) is 1. The third kappa shape index (κ3) is 1.52. The van der Waals surface area contributed by atoms with Gasteiger partial charge in [-0.05, 0) is 43.7 Å². The van der Waals surface area contributed by atoms with Gasteiger partial charge in [0.2, 0.25) is 0 Å². The Balaban J connectivity index is 1.93. The first-order chi connectivity index (χ1) is 7.24. The van der Waals surface area contributed by atoms with Crippen molar-refractivity contribution in [2.75, 3.05) is 0 Å². The maximum atomic E-state index is 5.66. The van der Waals surface area contributed by atoms with Crippen LogP contribution in [-0.2, 0) is 0 Å². The quantitative estimate of drug-likeness (QED) is 0.796. The molecular formula is C12H15N3. The average Bonchev–Trinajstić information content (AvgIpc) is 2.98. The summed E-state index contributed by atoms with van der Waals surface area (Å²) in [5.41, 5.74) is 10.2. The van der Waals surface area contributed by atoms with Crippen molar-refractivity contribution in [3.05, 3.63) is 34.8 Å². The lowest BCUT2D eigenvalue weighted by molar-refractivity contribution is 0.683. The molecule has 0 bridgehead atoms. The van der Waals surface area contributed by atoms with E-state index in [1.807, 2.05) is 0 Å². The van der Waals surface area contributed by atoms with Gasteiger partial charge in [-0.1, -0.05) is 6.08 Å². The summed E-state index contributed by atoms with van der Waals surface area (Å²) in [6.07, 6.45) is 5.65. The highest BCUT2D eigenvalue weighted by Crippen LogP contribution is 2.42. The van der Waals surface area contributed by atoms with Gasteiger partial charge in [0.05, 0.1) is 11.4 Å². The van der Waals surface area contributed by atoms with E-state index in [0.29, 0.717) is 5.92 Å². The minimum absolute atomic E-state index is 0.413. The normalized spacial score (nSPS) is 24.6. The van der Waals surface area contributed by atoms with E-state index in [0.717, 1.165) is 29.4 Å². The Hall–Kier alpha value is -1.38. The van der Waals surface area contributed by atoms with E-state index in [1.165, 1.54) is 18.4 Å². The highest BCUT2D eigenvalue weighted by atomic mass is 15.1. The lowest BCUT2D eigenvalue weighted by Crippen LogP contribution is -2.16. The van der Waals surface area contributed by atoms with Crippen LogP contribution >= 0.6 is 0 Å². The zero-order chi connectivity index (χ0) is 10.4. The summed E-state index contributed by atoms with van der Waals surface area (Å²) in [6, 6.07) is 2.23. The number of allylic oxidation sites excluding steroid dienone is 2. The molecule has 3 rings (SSSR count). The molecule has 0 amide bonds. The maximum Gasteiger partial charge on any atom is 0.0707 e. The summed E-state index contributed by atoms with van der Waals surface area (Å²) in [7, 11) is 0. The monoisotopic (exact) mass is 201 g/mol. The van der Waals surface area contributed by atoms with Gasteiger partial charge in [-0.15, -0.1) is 0 Å². The predicted octanol–water partition coefficient (Wildman–Crippen LogP) is 1.99. The fourth-order valence-electron chi connectivity index (χ4n) is 2.14. The molecule has 1 fully saturated rings. The Bertz CT molecular complexity index is 432. The first-order valence-electron chi connectivity index (χ1n) is 5.54. The highest BCUT2D eigenvalue weighted by Gasteiger charge is 2.28. The minimum Gasteiger partial charge on any atom is -0.402 e. The van der Waals surface area contributed by atoms with Gasteiger partial charge in [0.25, 0.3) is 0 Å². The van der Waals surface area contributed by atoms with E-state index >= 15 is 0 Å². The molecule has 0 saturated heterocycles. The van der Waals surface area contributed by atoms with E-state index in [4.69, 9.17) is 5.73 Å². The van der Waals surface area contributed by atoms with Gasteiger partial charge in [-0.3, -0.25) is 0 Å². The second-order valence-electron chi connectivity index (χ2n) is 4.64. The number of nitrogens with zero attached hydrogens (tertiary/aromatic N) is 2. The SMILES string of the molecule is Cc1nnc(C2C=C(N)C2)cc1C1CC1. The fourth-order valence-corrected chi connectivity index (χ4v) is 2.14. The summed E-state index contributed by atoms with van der Waals surface area (Å²) in [5.74, 6) is 1.16. The van der Waals surface area contributed by atoms with Crippen molar-refractivity contribution >= 4 is 0 Å². The molecule has 15 heavy (non-hydrogen) atoms. The average molecular weight is 201 g/mol. The number of aryl methyl sites for hydroxylation is 1. The lowest BCUT2D eigenvalue weighted by atomic mass is 9.88. The molecule has 2 aliphatic carbocycles. The Morgan fingerprint density at radius 2 is 2.07 bits per heavy atom. The number of hydrogen-bond acceptors (Lipinski definition) is 3. The van der Waals surface area contributed by atoms with Crippen molar-refractivity contribution in [2.45, 2.75) is 38.0 Å². The molecule has 2 aliphatic rings. The number of aromatic nitrogens is 2. The van der Waals surface area contributed by atoms with Crippen LogP contribution in [0.15, 0.2) is 17.8 Å². The van der Waals surface area contributed by atoms with Gasteiger partial charge in [0.1, 0.15) is 0 Å². The van der Waals surface area contributed by atoms with E-state index < -0.39 is 0 Å². The topological polar surface area (TPSA) is 51.8 Å². The summed E-state index contributed by atoms with van der Waals surface area (Å²) < 4.78 is 0. The third-order valence-electron chi connectivity index (χ3n) is 3.30. The van der Waals surface area contributed by atoms with E-state index in [9.17, 15) is 0 Å². The summed E-state index contributed by atoms with van der Waals surface area (Å²) in [6.45, 7) is 2.05. The molecule has 1 atom stereocenters. The van der Waals surface area contributed by atoms with Gasteiger partial charge >= 0.3 is 0 Å². The van der Waals surface area contributed by atoms with Crippen molar-refractivity contribution in [3.63, 3.8) is 0 Å². The molecule has 1 aromatic rings. The van der Waals surface area contributed by atoms with Crippen molar-refractivity contribution in [2.24, 2.45) is 5.73 Å². The molecule has 0 radical (unpaired) electrons. The van der Waals surface area contributed by atoms with Gasteiger partial charge < -0.3 is 5.73 Å². The highest BCUT2D eigenvalue weighted by molar-refractivity contribution is 5.34. The number of nitrogens with two attached hydrogens (primary N) is 1. The lowest BCUT2D eigenvalue weighted by Gasteiger charge is -2.22. The van der Waals surface area contributed by atoms with E-state index in [2.05, 4.69) is 29.3 Å². The molecule has 0 aromatic carbocycles. The molecule has 78 valence electrons. The Morgan fingerprint density at radius 1 is 1.33 bits per heavy atom. The van der Waals surface area contributed by atoms with Crippen LogP contribution < -0.4 is 5.73 Å². The van der Waals surface area contributed by atoms with Crippen molar-refractivity contribution in [3.8, 4) is 0 Å². The molecule has 0 aliphatic heterocycles. The van der Waals surface area contributed by atoms with Crippen LogP contribution in [0.2, 0.25) is 0 Å². The van der Waals surface area contributed by atoms with Crippen molar-refractivity contribution in [1.29, 1.82) is 0 Å². The van der Waals surface area contributed by atoms with Gasteiger partial charge in [-0.2, -0.15) is 10.2 Å². The molecular weight excluding hydrogens is 186 g/mol. The first-order valence-corrected chi connectivity index (χ1v) is 5.54. The zero-order valence-corrected chi connectivity index (χ0v) is 8.90. The molecule has 0 spiro atoms. The molecule has 1 saturated carbocycles.